The maximum Gasteiger partial charge on any atom is 0.410 e. The van der Waals surface area contributed by atoms with Gasteiger partial charge in [-0.1, -0.05) is 0 Å². The number of alkyl halides is 2. The van der Waals surface area contributed by atoms with E-state index in [1.165, 1.54) is 12.1 Å². The number of amides is 2. The first-order valence-electron chi connectivity index (χ1n) is 13.6. The van der Waals surface area contributed by atoms with Gasteiger partial charge in [0.2, 0.25) is 5.95 Å². The number of anilines is 1. The molecule has 5 rings (SSSR count). The molecule has 1 aliphatic carbocycles. The smallest absolute Gasteiger partial charge is 0.410 e. The molecule has 216 valence electrons. The van der Waals surface area contributed by atoms with Crippen molar-refractivity contribution in [2.75, 3.05) is 44.2 Å². The number of halogens is 3. The van der Waals surface area contributed by atoms with Crippen LogP contribution < -0.4 is 9.64 Å². The molecule has 2 fully saturated rings. The largest absolute Gasteiger partial charge is 0.481 e. The highest BCUT2D eigenvalue weighted by Crippen LogP contribution is 2.45. The third-order valence-corrected chi connectivity index (χ3v) is 7.45. The summed E-state index contributed by atoms with van der Waals surface area (Å²) in [4.78, 5) is 38.6. The Morgan fingerprint density at radius 2 is 1.77 bits per heavy atom. The van der Waals surface area contributed by atoms with Gasteiger partial charge in [-0.05, 0) is 58.7 Å². The van der Waals surface area contributed by atoms with Crippen LogP contribution in [-0.4, -0.2) is 82.7 Å². The number of hydrogen-bond donors (Lipinski definition) is 0. The molecule has 40 heavy (non-hydrogen) atoms. The summed E-state index contributed by atoms with van der Waals surface area (Å²) in [5, 5.41) is 0. The van der Waals surface area contributed by atoms with Crippen molar-refractivity contribution in [2.24, 2.45) is 0 Å². The minimum absolute atomic E-state index is 0.100. The molecule has 2 aliphatic heterocycles. The van der Waals surface area contributed by atoms with E-state index in [1.54, 1.807) is 36.6 Å². The third kappa shape index (κ3) is 5.66. The molecule has 3 aliphatic rings. The fourth-order valence-electron chi connectivity index (χ4n) is 5.05. The van der Waals surface area contributed by atoms with E-state index in [0.717, 1.165) is 6.42 Å². The molecular weight excluding hydrogens is 527 g/mol. The summed E-state index contributed by atoms with van der Waals surface area (Å²) < 4.78 is 55.2. The number of benzene rings is 1. The number of piperazine rings is 1. The van der Waals surface area contributed by atoms with E-state index < -0.39 is 23.4 Å². The lowest BCUT2D eigenvalue weighted by molar-refractivity contribution is -0.135. The quantitative estimate of drug-likeness (QED) is 0.536. The van der Waals surface area contributed by atoms with E-state index in [4.69, 9.17) is 9.47 Å². The van der Waals surface area contributed by atoms with Crippen molar-refractivity contribution in [3.8, 4) is 17.0 Å². The van der Waals surface area contributed by atoms with Crippen molar-refractivity contribution in [1.29, 1.82) is 0 Å². The van der Waals surface area contributed by atoms with Crippen molar-refractivity contribution in [2.45, 2.75) is 64.5 Å². The summed E-state index contributed by atoms with van der Waals surface area (Å²) in [6, 6.07) is 4.28. The Hall–Kier alpha value is -3.57. The Labute approximate surface area is 231 Å². The lowest BCUT2D eigenvalue weighted by atomic mass is 10.0. The first-order valence-corrected chi connectivity index (χ1v) is 13.6. The van der Waals surface area contributed by atoms with E-state index in [-0.39, 0.29) is 48.8 Å². The average molecular weight is 562 g/mol. The molecule has 0 spiro atoms. The second kappa shape index (κ2) is 10.4. The molecule has 2 saturated heterocycles. The van der Waals surface area contributed by atoms with Crippen LogP contribution >= 0.6 is 0 Å². The summed E-state index contributed by atoms with van der Waals surface area (Å²) in [6.07, 6.45) is 0.233. The molecule has 0 radical (unpaired) electrons. The fourth-order valence-corrected chi connectivity index (χ4v) is 5.05. The lowest BCUT2D eigenvalue weighted by Crippen LogP contribution is -2.52. The SMILES string of the molecule is C[C@H]1CCN1c1nc(-c2ccc(OCC(=O)N3CCN(C(=O)OC(C)(C)C)CC3)c(F)c2)c2c(n1)C(F)(F)CC2. The molecule has 9 nitrogen and oxygen atoms in total. The van der Waals surface area contributed by atoms with Crippen molar-refractivity contribution >= 4 is 17.9 Å². The van der Waals surface area contributed by atoms with E-state index in [0.29, 0.717) is 49.5 Å². The number of nitrogens with zero attached hydrogens (tertiary/aromatic N) is 5. The Morgan fingerprint density at radius 1 is 1.07 bits per heavy atom. The van der Waals surface area contributed by atoms with Crippen LogP contribution in [0.3, 0.4) is 0 Å². The summed E-state index contributed by atoms with van der Waals surface area (Å²) in [5.74, 6) is -4.02. The number of rotatable bonds is 5. The first-order chi connectivity index (χ1) is 18.8. The summed E-state index contributed by atoms with van der Waals surface area (Å²) >= 11 is 0. The van der Waals surface area contributed by atoms with Gasteiger partial charge in [0.1, 0.15) is 11.3 Å². The van der Waals surface area contributed by atoms with Crippen molar-refractivity contribution in [3.63, 3.8) is 0 Å². The monoisotopic (exact) mass is 561 g/mol. The van der Waals surface area contributed by atoms with Crippen LogP contribution in [0.4, 0.5) is 23.9 Å². The molecule has 0 saturated carbocycles. The predicted octanol–water partition coefficient (Wildman–Crippen LogP) is 4.38. The van der Waals surface area contributed by atoms with E-state index in [9.17, 15) is 18.4 Å². The van der Waals surface area contributed by atoms with Gasteiger partial charge >= 0.3 is 6.09 Å². The highest BCUT2D eigenvalue weighted by atomic mass is 19.3. The second-order valence-electron chi connectivity index (χ2n) is 11.5. The summed E-state index contributed by atoms with van der Waals surface area (Å²) in [6.45, 7) is 8.91. The van der Waals surface area contributed by atoms with Gasteiger partial charge in [0.15, 0.2) is 18.2 Å². The maximum atomic E-state index is 15.1. The van der Waals surface area contributed by atoms with Crippen molar-refractivity contribution in [1.82, 2.24) is 19.8 Å². The molecular formula is C28H34F3N5O4. The molecule has 3 heterocycles. The van der Waals surface area contributed by atoms with Gasteiger partial charge in [-0.3, -0.25) is 4.79 Å². The minimum Gasteiger partial charge on any atom is -0.481 e. The molecule has 1 atom stereocenters. The summed E-state index contributed by atoms with van der Waals surface area (Å²) in [5.41, 5.74) is 0.0760. The molecule has 1 aromatic carbocycles. The van der Waals surface area contributed by atoms with Gasteiger partial charge in [-0.15, -0.1) is 0 Å². The zero-order chi connectivity index (χ0) is 28.8. The van der Waals surface area contributed by atoms with Crippen LogP contribution in [-0.2, 0) is 21.9 Å². The van der Waals surface area contributed by atoms with Gasteiger partial charge in [0.05, 0.1) is 5.69 Å². The number of hydrogen-bond acceptors (Lipinski definition) is 7. The highest BCUT2D eigenvalue weighted by molar-refractivity contribution is 5.78. The van der Waals surface area contributed by atoms with Crippen LogP contribution in [0.25, 0.3) is 11.3 Å². The number of fused-ring (bicyclic) bond motifs is 1. The van der Waals surface area contributed by atoms with Crippen LogP contribution in [0, 0.1) is 5.82 Å². The normalized spacial score (nSPS) is 20.2. The topological polar surface area (TPSA) is 88.1 Å². The predicted molar refractivity (Wildman–Crippen MR) is 141 cm³/mol. The van der Waals surface area contributed by atoms with E-state index in [2.05, 4.69) is 9.97 Å². The zero-order valence-corrected chi connectivity index (χ0v) is 23.2. The van der Waals surface area contributed by atoms with E-state index in [1.807, 2.05) is 11.8 Å². The number of ether oxygens (including phenoxy) is 2. The molecule has 0 bridgehead atoms. The van der Waals surface area contributed by atoms with Crippen molar-refractivity contribution < 1.29 is 32.2 Å². The standard InChI is InChI=1S/C28H34F3N5O4/c1-17-8-10-36(17)25-32-23(19-7-9-28(30,31)24(19)33-25)18-5-6-21(20(29)15-18)39-16-22(37)34-11-13-35(14-12-34)26(38)40-27(2,3)4/h5-6,15,17H,7-14,16H2,1-4H3/t17-/m0/s1. The van der Waals surface area contributed by atoms with Gasteiger partial charge in [0, 0.05) is 56.3 Å². The van der Waals surface area contributed by atoms with Gasteiger partial charge in [0.25, 0.3) is 11.8 Å². The first kappa shape index (κ1) is 28.0. The zero-order valence-electron chi connectivity index (χ0n) is 23.2. The molecule has 1 aromatic heterocycles. The highest BCUT2D eigenvalue weighted by Gasteiger charge is 2.44. The maximum absolute atomic E-state index is 15.1. The Morgan fingerprint density at radius 3 is 2.38 bits per heavy atom. The number of aromatic nitrogens is 2. The lowest BCUT2D eigenvalue weighted by Gasteiger charge is -2.39. The van der Waals surface area contributed by atoms with Crippen LogP contribution in [0.15, 0.2) is 18.2 Å². The van der Waals surface area contributed by atoms with Crippen LogP contribution in [0.5, 0.6) is 5.75 Å². The minimum atomic E-state index is -3.06. The third-order valence-electron chi connectivity index (χ3n) is 7.45. The Bertz CT molecular complexity index is 1310. The molecule has 2 amide bonds. The van der Waals surface area contributed by atoms with Crippen molar-refractivity contribution in [3.05, 3.63) is 35.3 Å². The second-order valence-corrected chi connectivity index (χ2v) is 11.5. The van der Waals surface area contributed by atoms with Gasteiger partial charge < -0.3 is 24.2 Å². The molecule has 12 heteroatoms. The van der Waals surface area contributed by atoms with Gasteiger partial charge in [-0.2, -0.15) is 8.78 Å². The van der Waals surface area contributed by atoms with Crippen LogP contribution in [0.2, 0.25) is 0 Å². The average Bonchev–Trinajstić information content (AvgIpc) is 3.19. The van der Waals surface area contributed by atoms with Gasteiger partial charge in [-0.25, -0.2) is 19.2 Å². The molecule has 2 aromatic rings. The van der Waals surface area contributed by atoms with Crippen LogP contribution in [0.1, 0.15) is 51.8 Å². The number of carbonyl (C=O) groups is 2. The Kier molecular flexibility index (Phi) is 7.30. The molecule has 0 unspecified atom stereocenters. The Balaban J connectivity index is 1.25. The fraction of sp³-hybridized carbons (Fsp3) is 0.571. The molecule has 0 N–H and O–H groups in total. The summed E-state index contributed by atoms with van der Waals surface area (Å²) in [7, 11) is 0. The number of carbonyl (C=O) groups excluding carboxylic acids is 2. The van der Waals surface area contributed by atoms with E-state index >= 15 is 4.39 Å².